The van der Waals surface area contributed by atoms with E-state index in [1.807, 2.05) is 18.2 Å². The van der Waals surface area contributed by atoms with Gasteiger partial charge in [0.1, 0.15) is 0 Å². The van der Waals surface area contributed by atoms with E-state index in [0.29, 0.717) is 12.5 Å². The van der Waals surface area contributed by atoms with E-state index in [1.54, 1.807) is 12.4 Å². The SMILES string of the molecule is I.NC(=NCCc1ccc(Br)cc1)N1CCN(c2ncccn2)CC1. The summed E-state index contributed by atoms with van der Waals surface area (Å²) in [7, 11) is 0. The molecule has 1 aliphatic rings. The lowest BCUT2D eigenvalue weighted by Crippen LogP contribution is -2.51. The molecule has 1 aromatic carbocycles. The highest BCUT2D eigenvalue weighted by Crippen LogP contribution is 2.11. The van der Waals surface area contributed by atoms with Crippen molar-refractivity contribution in [3.63, 3.8) is 0 Å². The molecule has 2 N–H and O–H groups in total. The highest BCUT2D eigenvalue weighted by atomic mass is 127. The van der Waals surface area contributed by atoms with Crippen LogP contribution in [0.15, 0.2) is 52.2 Å². The third kappa shape index (κ3) is 5.81. The molecule has 6 nitrogen and oxygen atoms in total. The molecule has 0 amide bonds. The summed E-state index contributed by atoms with van der Waals surface area (Å²) in [6.07, 6.45) is 4.44. The highest BCUT2D eigenvalue weighted by molar-refractivity contribution is 14.0. The minimum Gasteiger partial charge on any atom is -0.370 e. The molecule has 25 heavy (non-hydrogen) atoms. The summed E-state index contributed by atoms with van der Waals surface area (Å²) in [4.78, 5) is 17.4. The van der Waals surface area contributed by atoms with Crippen molar-refractivity contribution in [2.75, 3.05) is 37.6 Å². The number of guanidine groups is 1. The lowest BCUT2D eigenvalue weighted by Gasteiger charge is -2.35. The van der Waals surface area contributed by atoms with Crippen LogP contribution in [-0.4, -0.2) is 53.6 Å². The number of aliphatic imine (C=N–C) groups is 1. The van der Waals surface area contributed by atoms with Crippen LogP contribution in [0, 0.1) is 0 Å². The second-order valence-corrected chi connectivity index (χ2v) is 6.55. The molecule has 0 aliphatic carbocycles. The van der Waals surface area contributed by atoms with Gasteiger partial charge in [0.15, 0.2) is 5.96 Å². The van der Waals surface area contributed by atoms with Crippen molar-refractivity contribution in [1.82, 2.24) is 14.9 Å². The van der Waals surface area contributed by atoms with E-state index in [4.69, 9.17) is 5.73 Å². The van der Waals surface area contributed by atoms with Gasteiger partial charge in [-0.3, -0.25) is 4.99 Å². The van der Waals surface area contributed by atoms with Gasteiger partial charge < -0.3 is 15.5 Å². The number of nitrogens with two attached hydrogens (primary N) is 1. The molecule has 0 radical (unpaired) electrons. The molecule has 2 heterocycles. The maximum Gasteiger partial charge on any atom is 0.225 e. The van der Waals surface area contributed by atoms with E-state index in [-0.39, 0.29) is 24.0 Å². The van der Waals surface area contributed by atoms with Gasteiger partial charge in [-0.25, -0.2) is 9.97 Å². The number of nitrogens with zero attached hydrogens (tertiary/aromatic N) is 5. The average Bonchev–Trinajstić information content (AvgIpc) is 2.64. The first-order valence-electron chi connectivity index (χ1n) is 8.03. The third-order valence-electron chi connectivity index (χ3n) is 4.03. The van der Waals surface area contributed by atoms with Crippen LogP contribution in [0.5, 0.6) is 0 Å². The molecule has 1 aliphatic heterocycles. The molecular weight excluding hydrogens is 495 g/mol. The molecule has 0 bridgehead atoms. The molecule has 2 aromatic rings. The molecule has 0 saturated carbocycles. The zero-order chi connectivity index (χ0) is 16.8. The van der Waals surface area contributed by atoms with Gasteiger partial charge in [-0.05, 0) is 30.2 Å². The first-order chi connectivity index (χ1) is 11.7. The Labute approximate surface area is 173 Å². The Morgan fingerprint density at radius 3 is 2.36 bits per heavy atom. The Bertz CT molecular complexity index is 671. The summed E-state index contributed by atoms with van der Waals surface area (Å²) in [6, 6.07) is 10.1. The van der Waals surface area contributed by atoms with Crippen molar-refractivity contribution in [2.45, 2.75) is 6.42 Å². The number of anilines is 1. The fourth-order valence-electron chi connectivity index (χ4n) is 2.64. The van der Waals surface area contributed by atoms with Gasteiger partial charge in [0, 0.05) is 49.6 Å². The zero-order valence-electron chi connectivity index (χ0n) is 13.9. The summed E-state index contributed by atoms with van der Waals surface area (Å²) < 4.78 is 1.09. The monoisotopic (exact) mass is 516 g/mol. The average molecular weight is 517 g/mol. The van der Waals surface area contributed by atoms with Crippen LogP contribution in [0.1, 0.15) is 5.56 Å². The fourth-order valence-corrected chi connectivity index (χ4v) is 2.91. The van der Waals surface area contributed by atoms with Crippen LogP contribution in [0.4, 0.5) is 5.95 Å². The highest BCUT2D eigenvalue weighted by Gasteiger charge is 2.19. The summed E-state index contributed by atoms with van der Waals surface area (Å²) in [5.74, 6) is 1.41. The molecule has 0 unspecified atom stereocenters. The first-order valence-corrected chi connectivity index (χ1v) is 8.83. The second-order valence-electron chi connectivity index (χ2n) is 5.64. The zero-order valence-corrected chi connectivity index (χ0v) is 17.8. The van der Waals surface area contributed by atoms with Gasteiger partial charge in [-0.2, -0.15) is 0 Å². The predicted octanol–water partition coefficient (Wildman–Crippen LogP) is 2.54. The smallest absolute Gasteiger partial charge is 0.225 e. The van der Waals surface area contributed by atoms with Crippen molar-refractivity contribution < 1.29 is 0 Å². The first kappa shape index (κ1) is 19.9. The molecule has 0 spiro atoms. The molecule has 3 rings (SSSR count). The molecular formula is C17H22BrIN6. The van der Waals surface area contributed by atoms with Gasteiger partial charge in [0.2, 0.25) is 5.95 Å². The Balaban J connectivity index is 0.00000225. The van der Waals surface area contributed by atoms with Gasteiger partial charge >= 0.3 is 0 Å². The Morgan fingerprint density at radius 2 is 1.72 bits per heavy atom. The number of hydrogen-bond donors (Lipinski definition) is 1. The summed E-state index contributed by atoms with van der Waals surface area (Å²) in [6.45, 7) is 4.09. The van der Waals surface area contributed by atoms with E-state index >= 15 is 0 Å². The maximum absolute atomic E-state index is 6.14. The van der Waals surface area contributed by atoms with Crippen LogP contribution in [-0.2, 0) is 6.42 Å². The number of benzene rings is 1. The van der Waals surface area contributed by atoms with Crippen LogP contribution in [0.3, 0.4) is 0 Å². The van der Waals surface area contributed by atoms with Gasteiger partial charge in [0.25, 0.3) is 0 Å². The van der Waals surface area contributed by atoms with Crippen molar-refractivity contribution in [3.8, 4) is 0 Å². The standard InChI is InChI=1S/C17H21BrN6.HI/c18-15-4-2-14(3-5-15)6-9-20-16(19)23-10-12-24(13-11-23)17-21-7-1-8-22-17;/h1-5,7-8H,6,9-13H2,(H2,19,20);1H. The minimum absolute atomic E-state index is 0. The van der Waals surface area contributed by atoms with E-state index in [1.165, 1.54) is 5.56 Å². The Hall–Kier alpha value is -1.42. The number of halogens is 2. The lowest BCUT2D eigenvalue weighted by molar-refractivity contribution is 0.378. The quantitative estimate of drug-likeness (QED) is 0.384. The number of aromatic nitrogens is 2. The van der Waals surface area contributed by atoms with Crippen molar-refractivity contribution >= 4 is 51.8 Å². The normalized spacial score (nSPS) is 15.0. The Kier molecular flexibility index (Phi) is 7.89. The minimum atomic E-state index is 0. The molecule has 1 saturated heterocycles. The Morgan fingerprint density at radius 1 is 1.08 bits per heavy atom. The van der Waals surface area contributed by atoms with Crippen LogP contribution in [0.25, 0.3) is 0 Å². The number of rotatable bonds is 4. The summed E-state index contributed by atoms with van der Waals surface area (Å²) in [5.41, 5.74) is 7.40. The summed E-state index contributed by atoms with van der Waals surface area (Å²) >= 11 is 3.44. The molecule has 1 fully saturated rings. The summed E-state index contributed by atoms with van der Waals surface area (Å²) in [5, 5.41) is 0. The van der Waals surface area contributed by atoms with Gasteiger partial charge in [0.05, 0.1) is 0 Å². The predicted molar refractivity (Wildman–Crippen MR) is 116 cm³/mol. The van der Waals surface area contributed by atoms with Crippen LogP contribution < -0.4 is 10.6 Å². The van der Waals surface area contributed by atoms with Crippen molar-refractivity contribution in [1.29, 1.82) is 0 Å². The molecule has 8 heteroatoms. The molecule has 0 atom stereocenters. The fraction of sp³-hybridized carbons (Fsp3) is 0.353. The van der Waals surface area contributed by atoms with Crippen molar-refractivity contribution in [3.05, 3.63) is 52.8 Å². The van der Waals surface area contributed by atoms with E-state index in [9.17, 15) is 0 Å². The second kappa shape index (κ2) is 9.91. The third-order valence-corrected chi connectivity index (χ3v) is 4.55. The van der Waals surface area contributed by atoms with E-state index < -0.39 is 0 Å². The molecule has 1 aromatic heterocycles. The largest absolute Gasteiger partial charge is 0.370 e. The number of piperazine rings is 1. The maximum atomic E-state index is 6.14. The topological polar surface area (TPSA) is 70.6 Å². The lowest BCUT2D eigenvalue weighted by atomic mass is 10.2. The van der Waals surface area contributed by atoms with Crippen LogP contribution in [0.2, 0.25) is 0 Å². The van der Waals surface area contributed by atoms with Crippen LogP contribution >= 0.6 is 39.9 Å². The van der Waals surface area contributed by atoms with E-state index in [2.05, 4.69) is 52.8 Å². The van der Waals surface area contributed by atoms with Gasteiger partial charge in [-0.15, -0.1) is 24.0 Å². The molecule has 134 valence electrons. The number of hydrogen-bond acceptors (Lipinski definition) is 4. The van der Waals surface area contributed by atoms with Crippen molar-refractivity contribution in [2.24, 2.45) is 10.7 Å². The van der Waals surface area contributed by atoms with Gasteiger partial charge in [-0.1, -0.05) is 28.1 Å². The van der Waals surface area contributed by atoms with E-state index in [0.717, 1.165) is 43.0 Å².